The normalized spacial score (nSPS) is 14.3. The van der Waals surface area contributed by atoms with Gasteiger partial charge in [0.2, 0.25) is 0 Å². The lowest BCUT2D eigenvalue weighted by molar-refractivity contribution is -0.152. The predicted octanol–water partition coefficient (Wildman–Crippen LogP) is 2.14. The summed E-state index contributed by atoms with van der Waals surface area (Å²) < 4.78 is 0. The van der Waals surface area contributed by atoms with Crippen LogP contribution in [-0.2, 0) is 15.0 Å². The van der Waals surface area contributed by atoms with E-state index in [0.29, 0.717) is 5.56 Å². The van der Waals surface area contributed by atoms with E-state index < -0.39 is 23.8 Å². The van der Waals surface area contributed by atoms with Gasteiger partial charge >= 0.3 is 11.9 Å². The standard InChI is InChI=1S/C13H16O4/c1-9(2)13(12(16)17,8-11(14)15)10-6-4-3-5-7-10/h3-7,9H,8H2,1-2H3,(H,14,15)(H,16,17). The molecule has 1 unspecified atom stereocenters. The molecule has 0 saturated heterocycles. The van der Waals surface area contributed by atoms with E-state index in [1.54, 1.807) is 44.2 Å². The van der Waals surface area contributed by atoms with Crippen LogP contribution in [0.2, 0.25) is 0 Å². The second kappa shape index (κ2) is 4.99. The van der Waals surface area contributed by atoms with E-state index >= 15 is 0 Å². The highest BCUT2D eigenvalue weighted by atomic mass is 16.4. The van der Waals surface area contributed by atoms with Gasteiger partial charge in [-0.1, -0.05) is 44.2 Å². The molecule has 0 saturated carbocycles. The molecular formula is C13H16O4. The van der Waals surface area contributed by atoms with Gasteiger partial charge in [0.05, 0.1) is 6.42 Å². The molecule has 4 nitrogen and oxygen atoms in total. The van der Waals surface area contributed by atoms with E-state index in [1.165, 1.54) is 0 Å². The summed E-state index contributed by atoms with van der Waals surface area (Å²) in [6.45, 7) is 3.45. The molecule has 1 atom stereocenters. The number of hydrogen-bond acceptors (Lipinski definition) is 2. The van der Waals surface area contributed by atoms with Crippen LogP contribution in [0.3, 0.4) is 0 Å². The van der Waals surface area contributed by atoms with Crippen molar-refractivity contribution in [1.29, 1.82) is 0 Å². The third-order valence-electron chi connectivity index (χ3n) is 3.09. The van der Waals surface area contributed by atoms with Crippen LogP contribution in [0.25, 0.3) is 0 Å². The van der Waals surface area contributed by atoms with Crippen molar-refractivity contribution in [2.45, 2.75) is 25.7 Å². The van der Waals surface area contributed by atoms with Gasteiger partial charge < -0.3 is 10.2 Å². The van der Waals surface area contributed by atoms with Crippen LogP contribution in [0.5, 0.6) is 0 Å². The molecule has 17 heavy (non-hydrogen) atoms. The molecule has 0 bridgehead atoms. The average molecular weight is 236 g/mol. The molecule has 4 heteroatoms. The predicted molar refractivity (Wildman–Crippen MR) is 62.8 cm³/mol. The molecule has 1 aromatic carbocycles. The molecule has 0 spiro atoms. The van der Waals surface area contributed by atoms with Gasteiger partial charge in [-0.15, -0.1) is 0 Å². The first-order chi connectivity index (χ1) is 7.91. The summed E-state index contributed by atoms with van der Waals surface area (Å²) in [5.74, 6) is -2.51. The molecule has 0 aromatic heterocycles. The summed E-state index contributed by atoms with van der Waals surface area (Å²) in [5, 5.41) is 18.4. The molecule has 0 amide bonds. The maximum Gasteiger partial charge on any atom is 0.314 e. The van der Waals surface area contributed by atoms with E-state index in [-0.39, 0.29) is 5.92 Å². The van der Waals surface area contributed by atoms with Crippen LogP contribution in [0, 0.1) is 5.92 Å². The van der Waals surface area contributed by atoms with Crippen molar-refractivity contribution in [2.24, 2.45) is 5.92 Å². The topological polar surface area (TPSA) is 74.6 Å². The van der Waals surface area contributed by atoms with Crippen LogP contribution >= 0.6 is 0 Å². The van der Waals surface area contributed by atoms with Gasteiger partial charge in [0.1, 0.15) is 5.41 Å². The van der Waals surface area contributed by atoms with Crippen molar-refractivity contribution < 1.29 is 19.8 Å². The van der Waals surface area contributed by atoms with Crippen molar-refractivity contribution in [1.82, 2.24) is 0 Å². The van der Waals surface area contributed by atoms with Crippen molar-refractivity contribution in [3.05, 3.63) is 35.9 Å². The highest BCUT2D eigenvalue weighted by Gasteiger charge is 2.45. The van der Waals surface area contributed by atoms with E-state index in [4.69, 9.17) is 5.11 Å². The quantitative estimate of drug-likeness (QED) is 0.821. The number of carboxylic acid groups (broad SMARTS) is 2. The second-order valence-corrected chi connectivity index (χ2v) is 4.37. The first-order valence-corrected chi connectivity index (χ1v) is 5.42. The summed E-state index contributed by atoms with van der Waals surface area (Å²) in [4.78, 5) is 22.5. The van der Waals surface area contributed by atoms with Gasteiger partial charge in [0.25, 0.3) is 0 Å². The molecule has 0 aliphatic rings. The van der Waals surface area contributed by atoms with E-state index in [2.05, 4.69) is 0 Å². The fraction of sp³-hybridized carbons (Fsp3) is 0.385. The summed E-state index contributed by atoms with van der Waals surface area (Å²) in [6, 6.07) is 8.54. The first kappa shape index (κ1) is 13.2. The fourth-order valence-corrected chi connectivity index (χ4v) is 2.06. The largest absolute Gasteiger partial charge is 0.481 e. The zero-order valence-corrected chi connectivity index (χ0v) is 9.88. The second-order valence-electron chi connectivity index (χ2n) is 4.37. The van der Waals surface area contributed by atoms with Crippen LogP contribution < -0.4 is 0 Å². The molecule has 2 N–H and O–H groups in total. The summed E-state index contributed by atoms with van der Waals surface area (Å²) in [6.07, 6.45) is -0.413. The van der Waals surface area contributed by atoms with Gasteiger partial charge in [-0.2, -0.15) is 0 Å². The number of carbonyl (C=O) groups is 2. The number of hydrogen-bond donors (Lipinski definition) is 2. The molecule has 0 aliphatic carbocycles. The zero-order chi connectivity index (χ0) is 13.1. The van der Waals surface area contributed by atoms with Crippen molar-refractivity contribution in [2.75, 3.05) is 0 Å². The monoisotopic (exact) mass is 236 g/mol. The van der Waals surface area contributed by atoms with Gasteiger partial charge in [0.15, 0.2) is 0 Å². The Morgan fingerprint density at radius 3 is 2.06 bits per heavy atom. The maximum absolute atomic E-state index is 11.5. The minimum absolute atomic E-state index is 0.307. The van der Waals surface area contributed by atoms with Crippen molar-refractivity contribution in [3.63, 3.8) is 0 Å². The number of aliphatic carboxylic acids is 2. The molecule has 1 rings (SSSR count). The average Bonchev–Trinajstić information content (AvgIpc) is 2.25. The Balaban J connectivity index is 3.35. The Morgan fingerprint density at radius 1 is 1.18 bits per heavy atom. The summed E-state index contributed by atoms with van der Waals surface area (Å²) in [5.41, 5.74) is -0.836. The van der Waals surface area contributed by atoms with E-state index in [9.17, 15) is 14.7 Å². The lowest BCUT2D eigenvalue weighted by Crippen LogP contribution is -2.42. The SMILES string of the molecule is CC(C)C(CC(=O)O)(C(=O)O)c1ccccc1. The van der Waals surface area contributed by atoms with Crippen LogP contribution in [-0.4, -0.2) is 22.2 Å². The van der Waals surface area contributed by atoms with Gasteiger partial charge in [-0.25, -0.2) is 0 Å². The van der Waals surface area contributed by atoms with Crippen LogP contribution in [0.15, 0.2) is 30.3 Å². The van der Waals surface area contributed by atoms with E-state index in [0.717, 1.165) is 0 Å². The Bertz CT molecular complexity index is 411. The number of rotatable bonds is 5. The van der Waals surface area contributed by atoms with Gasteiger partial charge in [-0.3, -0.25) is 9.59 Å². The van der Waals surface area contributed by atoms with Crippen LogP contribution in [0.4, 0.5) is 0 Å². The molecule has 0 heterocycles. The molecule has 0 radical (unpaired) electrons. The molecule has 1 aromatic rings. The van der Waals surface area contributed by atoms with Crippen molar-refractivity contribution in [3.8, 4) is 0 Å². The first-order valence-electron chi connectivity index (χ1n) is 5.42. The highest BCUT2D eigenvalue weighted by molar-refractivity contribution is 5.87. The summed E-state index contributed by atoms with van der Waals surface area (Å²) >= 11 is 0. The fourth-order valence-electron chi connectivity index (χ4n) is 2.06. The minimum Gasteiger partial charge on any atom is -0.481 e. The molecule has 0 fully saturated rings. The lowest BCUT2D eigenvalue weighted by Gasteiger charge is -2.32. The van der Waals surface area contributed by atoms with Gasteiger partial charge in [-0.05, 0) is 11.5 Å². The summed E-state index contributed by atoms with van der Waals surface area (Å²) in [7, 11) is 0. The Hall–Kier alpha value is -1.84. The van der Waals surface area contributed by atoms with Gasteiger partial charge in [0, 0.05) is 0 Å². The smallest absolute Gasteiger partial charge is 0.314 e. The Morgan fingerprint density at radius 2 is 1.71 bits per heavy atom. The lowest BCUT2D eigenvalue weighted by atomic mass is 9.69. The minimum atomic E-state index is -1.37. The number of benzene rings is 1. The van der Waals surface area contributed by atoms with Crippen LogP contribution in [0.1, 0.15) is 25.8 Å². The van der Waals surface area contributed by atoms with Crippen molar-refractivity contribution >= 4 is 11.9 Å². The number of carboxylic acids is 2. The Labute approximate surface area is 99.9 Å². The molecule has 92 valence electrons. The van der Waals surface area contributed by atoms with E-state index in [1.807, 2.05) is 0 Å². The highest BCUT2D eigenvalue weighted by Crippen LogP contribution is 2.36. The third-order valence-corrected chi connectivity index (χ3v) is 3.09. The zero-order valence-electron chi connectivity index (χ0n) is 9.88. The Kier molecular flexibility index (Phi) is 3.89. The third kappa shape index (κ3) is 2.46. The molecular weight excluding hydrogens is 220 g/mol. The molecule has 0 aliphatic heterocycles. The maximum atomic E-state index is 11.5.